The highest BCUT2D eigenvalue weighted by Gasteiger charge is 2.17. The van der Waals surface area contributed by atoms with Gasteiger partial charge in [0, 0.05) is 5.56 Å². The van der Waals surface area contributed by atoms with Crippen LogP contribution in [0.2, 0.25) is 0 Å². The highest BCUT2D eigenvalue weighted by Crippen LogP contribution is 2.19. The van der Waals surface area contributed by atoms with Crippen molar-refractivity contribution in [2.75, 3.05) is 0 Å². The Morgan fingerprint density at radius 2 is 1.82 bits per heavy atom. The van der Waals surface area contributed by atoms with Crippen molar-refractivity contribution >= 4 is 5.91 Å². The first-order chi connectivity index (χ1) is 13.4. The lowest BCUT2D eigenvalue weighted by Gasteiger charge is -2.10. The molecular weight excluding hydrogens is 375 g/mol. The molecule has 3 rings (SSSR count). The van der Waals surface area contributed by atoms with E-state index in [1.807, 2.05) is 0 Å². The third kappa shape index (κ3) is 5.09. The van der Waals surface area contributed by atoms with Crippen LogP contribution in [-0.4, -0.2) is 22.7 Å². The highest BCUT2D eigenvalue weighted by atomic mass is 19.3. The molecule has 0 fully saturated rings. The predicted octanol–water partition coefficient (Wildman–Crippen LogP) is 3.90. The Bertz CT molecular complexity index is 928. The quantitative estimate of drug-likeness (QED) is 0.661. The number of nitrogens with zero attached hydrogens (tertiary/aromatic N) is 2. The molecule has 2 aromatic carbocycles. The molecule has 1 amide bonds. The monoisotopic (exact) mass is 391 g/mol. The molecule has 0 radical (unpaired) electrons. The van der Waals surface area contributed by atoms with E-state index in [4.69, 9.17) is 4.52 Å². The number of amides is 1. The summed E-state index contributed by atoms with van der Waals surface area (Å²) in [5.74, 6) is -0.177. The summed E-state index contributed by atoms with van der Waals surface area (Å²) in [6, 6.07) is 10.9. The second-order valence-electron chi connectivity index (χ2n) is 5.95. The zero-order valence-corrected chi connectivity index (χ0v) is 14.7. The smallest absolute Gasteiger partial charge is 0.387 e. The summed E-state index contributed by atoms with van der Waals surface area (Å²) >= 11 is 0. The van der Waals surface area contributed by atoms with Gasteiger partial charge in [-0.05, 0) is 48.9 Å². The van der Waals surface area contributed by atoms with Crippen LogP contribution in [0.4, 0.5) is 13.2 Å². The molecule has 1 heterocycles. The van der Waals surface area contributed by atoms with Crippen LogP contribution in [0.1, 0.15) is 24.4 Å². The summed E-state index contributed by atoms with van der Waals surface area (Å²) in [5.41, 5.74) is 1.21. The molecule has 0 aliphatic carbocycles. The van der Waals surface area contributed by atoms with Gasteiger partial charge < -0.3 is 14.6 Å². The maximum absolute atomic E-state index is 13.0. The molecule has 0 saturated heterocycles. The number of benzene rings is 2. The van der Waals surface area contributed by atoms with Gasteiger partial charge in [0.2, 0.25) is 17.6 Å². The normalized spacial score (nSPS) is 12.0. The van der Waals surface area contributed by atoms with Crippen LogP contribution in [-0.2, 0) is 11.2 Å². The first-order valence-corrected chi connectivity index (χ1v) is 8.33. The average Bonchev–Trinajstić information content (AvgIpc) is 3.14. The third-order valence-corrected chi connectivity index (χ3v) is 3.81. The van der Waals surface area contributed by atoms with E-state index < -0.39 is 12.7 Å². The maximum atomic E-state index is 13.0. The Balaban J connectivity index is 1.57. The minimum Gasteiger partial charge on any atom is -0.435 e. The lowest BCUT2D eigenvalue weighted by Crippen LogP contribution is -2.28. The molecule has 146 valence electrons. The lowest BCUT2D eigenvalue weighted by atomic mass is 10.1. The van der Waals surface area contributed by atoms with Crippen molar-refractivity contribution in [2.45, 2.75) is 26.0 Å². The summed E-state index contributed by atoms with van der Waals surface area (Å²) < 4.78 is 46.7. The van der Waals surface area contributed by atoms with Gasteiger partial charge in [-0.2, -0.15) is 13.8 Å². The number of rotatable bonds is 7. The van der Waals surface area contributed by atoms with Crippen LogP contribution in [0, 0.1) is 5.82 Å². The van der Waals surface area contributed by atoms with E-state index in [0.29, 0.717) is 11.1 Å². The first kappa shape index (κ1) is 19.4. The molecule has 9 heteroatoms. The molecule has 1 N–H and O–H groups in total. The fraction of sp³-hybridized carbons (Fsp3) is 0.211. The van der Waals surface area contributed by atoms with Crippen molar-refractivity contribution in [3.63, 3.8) is 0 Å². The fourth-order valence-corrected chi connectivity index (χ4v) is 2.46. The molecule has 1 unspecified atom stereocenters. The number of hydrogen-bond acceptors (Lipinski definition) is 5. The van der Waals surface area contributed by atoms with Gasteiger partial charge in [-0.1, -0.05) is 17.3 Å². The lowest BCUT2D eigenvalue weighted by molar-refractivity contribution is -0.121. The molecule has 0 aliphatic rings. The van der Waals surface area contributed by atoms with Gasteiger partial charge in [0.05, 0.1) is 6.42 Å². The van der Waals surface area contributed by atoms with Crippen molar-refractivity contribution in [2.24, 2.45) is 0 Å². The van der Waals surface area contributed by atoms with Crippen LogP contribution in [0.5, 0.6) is 5.75 Å². The minimum absolute atomic E-state index is 0.0201. The minimum atomic E-state index is -2.90. The summed E-state index contributed by atoms with van der Waals surface area (Å²) in [4.78, 5) is 16.4. The standard InChI is InChI=1S/C19H16F3N3O3/c1-11(18-24-17(25-28-18)13-4-6-14(20)7-5-13)23-16(26)10-12-2-8-15(9-3-12)27-19(21)22/h2-9,11,19H,10H2,1H3,(H,23,26). The van der Waals surface area contributed by atoms with Crippen LogP contribution in [0.25, 0.3) is 11.4 Å². The van der Waals surface area contributed by atoms with Crippen molar-refractivity contribution in [1.82, 2.24) is 15.5 Å². The van der Waals surface area contributed by atoms with Gasteiger partial charge in [-0.3, -0.25) is 4.79 Å². The molecule has 1 atom stereocenters. The van der Waals surface area contributed by atoms with Gasteiger partial charge in [-0.25, -0.2) is 4.39 Å². The SMILES string of the molecule is CC(NC(=O)Cc1ccc(OC(F)F)cc1)c1nc(-c2ccc(F)cc2)no1. The van der Waals surface area contributed by atoms with Gasteiger partial charge in [-0.15, -0.1) is 0 Å². The van der Waals surface area contributed by atoms with E-state index in [1.165, 1.54) is 48.5 Å². The van der Waals surface area contributed by atoms with E-state index in [-0.39, 0.29) is 35.6 Å². The topological polar surface area (TPSA) is 77.2 Å². The summed E-state index contributed by atoms with van der Waals surface area (Å²) in [6.45, 7) is -1.22. The summed E-state index contributed by atoms with van der Waals surface area (Å²) in [5, 5.41) is 6.55. The Morgan fingerprint density at radius 1 is 1.14 bits per heavy atom. The largest absolute Gasteiger partial charge is 0.435 e. The zero-order chi connectivity index (χ0) is 20.1. The molecule has 0 saturated carbocycles. The number of alkyl halides is 2. The molecule has 0 bridgehead atoms. The second-order valence-corrected chi connectivity index (χ2v) is 5.95. The van der Waals surface area contributed by atoms with Crippen molar-refractivity contribution in [3.05, 3.63) is 65.8 Å². The summed E-state index contributed by atoms with van der Waals surface area (Å²) in [6.07, 6.45) is 0.0399. The Hall–Kier alpha value is -3.36. The first-order valence-electron chi connectivity index (χ1n) is 8.33. The van der Waals surface area contributed by atoms with Crippen LogP contribution in [0.15, 0.2) is 53.1 Å². The number of aromatic nitrogens is 2. The maximum Gasteiger partial charge on any atom is 0.387 e. The molecule has 6 nitrogen and oxygen atoms in total. The summed E-state index contributed by atoms with van der Waals surface area (Å²) in [7, 11) is 0. The van der Waals surface area contributed by atoms with Crippen molar-refractivity contribution < 1.29 is 27.2 Å². The number of hydrogen-bond donors (Lipinski definition) is 1. The van der Waals surface area contributed by atoms with Crippen LogP contribution < -0.4 is 10.1 Å². The second kappa shape index (κ2) is 8.55. The molecule has 0 spiro atoms. The number of halogens is 3. The Morgan fingerprint density at radius 3 is 2.46 bits per heavy atom. The number of ether oxygens (including phenoxy) is 1. The molecule has 0 aliphatic heterocycles. The molecule has 1 aromatic heterocycles. The highest BCUT2D eigenvalue weighted by molar-refractivity contribution is 5.78. The fourth-order valence-electron chi connectivity index (χ4n) is 2.46. The average molecular weight is 391 g/mol. The molecule has 28 heavy (non-hydrogen) atoms. The van der Waals surface area contributed by atoms with Crippen LogP contribution in [0.3, 0.4) is 0 Å². The van der Waals surface area contributed by atoms with Crippen molar-refractivity contribution in [3.8, 4) is 17.1 Å². The van der Waals surface area contributed by atoms with Crippen molar-refractivity contribution in [1.29, 1.82) is 0 Å². The van der Waals surface area contributed by atoms with Gasteiger partial charge in [0.1, 0.15) is 17.6 Å². The van der Waals surface area contributed by atoms with Crippen LogP contribution >= 0.6 is 0 Å². The van der Waals surface area contributed by atoms with Gasteiger partial charge in [0.25, 0.3) is 0 Å². The predicted molar refractivity (Wildman–Crippen MR) is 93.0 cm³/mol. The van der Waals surface area contributed by atoms with Gasteiger partial charge in [0.15, 0.2) is 0 Å². The Kier molecular flexibility index (Phi) is 5.93. The van der Waals surface area contributed by atoms with Gasteiger partial charge >= 0.3 is 6.61 Å². The molecular formula is C19H16F3N3O3. The number of carbonyl (C=O) groups is 1. The van der Waals surface area contributed by atoms with E-state index >= 15 is 0 Å². The molecule has 3 aromatic rings. The van der Waals surface area contributed by atoms with E-state index in [0.717, 1.165) is 0 Å². The third-order valence-electron chi connectivity index (χ3n) is 3.81. The van der Waals surface area contributed by atoms with E-state index in [1.54, 1.807) is 6.92 Å². The Labute approximate surface area is 158 Å². The van der Waals surface area contributed by atoms with E-state index in [2.05, 4.69) is 20.2 Å². The number of nitrogens with one attached hydrogen (secondary N) is 1. The zero-order valence-electron chi connectivity index (χ0n) is 14.7. The number of carbonyl (C=O) groups excluding carboxylic acids is 1. The van der Waals surface area contributed by atoms with E-state index in [9.17, 15) is 18.0 Å².